The normalized spacial score (nSPS) is 8.60. The molecule has 2 rings (SSSR count). The van der Waals surface area contributed by atoms with E-state index in [-0.39, 0.29) is 46.7 Å². The first-order valence-electron chi connectivity index (χ1n) is 11.8. The molecule has 0 aliphatic carbocycles. The van der Waals surface area contributed by atoms with Gasteiger partial charge >= 0.3 is 0 Å². The molecule has 40 heavy (non-hydrogen) atoms. The molecule has 2 aromatic heterocycles. The first-order valence-corrected chi connectivity index (χ1v) is 11.8. The minimum atomic E-state index is -0.465. The molecular formula is C30H48Mn2N2O6-8. The number of hydrogen-bond acceptors (Lipinski definition) is 8. The van der Waals surface area contributed by atoms with E-state index in [1.807, 2.05) is 64.1 Å². The maximum absolute atomic E-state index is 9.32. The van der Waals surface area contributed by atoms with Gasteiger partial charge in [-0.05, 0) is 38.1 Å². The number of rotatable bonds is 5. The molecule has 2 N–H and O–H groups in total. The molecule has 8 nitrogen and oxygen atoms in total. The third-order valence-electron chi connectivity index (χ3n) is 3.42. The monoisotopic (exact) mass is 642 g/mol. The third kappa shape index (κ3) is 43.0. The second-order valence-corrected chi connectivity index (χ2v) is 5.59. The van der Waals surface area contributed by atoms with Crippen molar-refractivity contribution in [3.8, 4) is 0 Å². The predicted octanol–water partition coefficient (Wildman–Crippen LogP) is 4.54. The Morgan fingerprint density at radius 1 is 0.700 bits per heavy atom. The van der Waals surface area contributed by atoms with Crippen LogP contribution in [0.25, 0.3) is 0 Å². The average molecular weight is 643 g/mol. The van der Waals surface area contributed by atoms with Crippen molar-refractivity contribution >= 4 is 27.2 Å². The van der Waals surface area contributed by atoms with Gasteiger partial charge in [0.1, 0.15) is 0 Å². The van der Waals surface area contributed by atoms with Gasteiger partial charge in [0, 0.05) is 69.6 Å². The van der Waals surface area contributed by atoms with Crippen LogP contribution >= 0.6 is 0 Å². The minimum absolute atomic E-state index is 0. The van der Waals surface area contributed by atoms with Gasteiger partial charge in [0.05, 0.1) is 0 Å². The number of nitrogens with zero attached hydrogens (tertiary/aromatic N) is 2. The summed E-state index contributed by atoms with van der Waals surface area (Å²) in [5.74, 6) is -0.161. The van der Waals surface area contributed by atoms with Crippen LogP contribution in [0.2, 0.25) is 0 Å². The molecule has 2 unspecified atom stereocenters. The molecular weight excluding hydrogens is 594 g/mol. The van der Waals surface area contributed by atoms with E-state index in [0.717, 1.165) is 35.6 Å². The molecule has 2 heterocycles. The first kappa shape index (κ1) is 61.8. The summed E-state index contributed by atoms with van der Waals surface area (Å²) < 4.78 is 0. The van der Waals surface area contributed by atoms with Gasteiger partial charge in [0.25, 0.3) is 0 Å². The van der Waals surface area contributed by atoms with Gasteiger partial charge in [-0.1, -0.05) is 39.8 Å². The van der Waals surface area contributed by atoms with Gasteiger partial charge in [-0.3, -0.25) is 37.1 Å². The summed E-state index contributed by atoms with van der Waals surface area (Å²) in [6.07, 6.45) is 1.72. The fraction of sp³-hybridized carbons (Fsp3) is 0.400. The van der Waals surface area contributed by atoms with E-state index in [1.165, 1.54) is 0 Å². The zero-order chi connectivity index (χ0) is 31.9. The number of aliphatic hydroxyl groups excluding tert-OH is 2. The fourth-order valence-electron chi connectivity index (χ4n) is 1.90. The van der Waals surface area contributed by atoms with Gasteiger partial charge in [-0.25, -0.2) is 0 Å². The Kier molecular flexibility index (Phi) is 94.5. The van der Waals surface area contributed by atoms with Crippen molar-refractivity contribution in [2.24, 2.45) is 0 Å². The van der Waals surface area contributed by atoms with Crippen LogP contribution in [0.4, 0.5) is 0 Å². The van der Waals surface area contributed by atoms with E-state index in [4.69, 9.17) is 24.3 Å². The third-order valence-corrected chi connectivity index (χ3v) is 3.42. The summed E-state index contributed by atoms with van der Waals surface area (Å²) in [6, 6.07) is 11.7. The van der Waals surface area contributed by atoms with Gasteiger partial charge in [-0.2, -0.15) is 0 Å². The van der Waals surface area contributed by atoms with Gasteiger partial charge < -0.3 is 57.1 Å². The minimum Gasteiger partial charge on any atom is -0.545 e. The van der Waals surface area contributed by atoms with E-state index in [0.29, 0.717) is 6.42 Å². The Labute approximate surface area is 266 Å². The van der Waals surface area contributed by atoms with Crippen LogP contribution in [-0.4, -0.2) is 60.0 Å². The molecule has 2 radical (unpaired) electrons. The zero-order valence-corrected chi connectivity index (χ0v) is 27.1. The molecule has 10 heteroatoms. The molecule has 0 saturated heterocycles. The number of aliphatic hydroxyl groups is 2. The predicted molar refractivity (Wildman–Crippen MR) is 158 cm³/mol. The summed E-state index contributed by atoms with van der Waals surface area (Å²) in [6.45, 7) is 39.8. The van der Waals surface area contributed by atoms with Crippen LogP contribution in [0, 0.1) is 27.7 Å². The molecule has 236 valence electrons. The number of aromatic nitrogens is 2. The van der Waals surface area contributed by atoms with E-state index < -0.39 is 6.10 Å². The Bertz CT molecular complexity index is 657. The largest absolute Gasteiger partial charge is 0.545 e. The Morgan fingerprint density at radius 3 is 1.20 bits per heavy atom. The Morgan fingerprint density at radius 2 is 0.950 bits per heavy atom. The molecule has 0 aliphatic rings. The van der Waals surface area contributed by atoms with Crippen molar-refractivity contribution < 1.29 is 63.5 Å². The molecule has 0 saturated carbocycles. The van der Waals surface area contributed by atoms with Crippen LogP contribution in [-0.2, 0) is 72.6 Å². The van der Waals surface area contributed by atoms with Crippen LogP contribution in [0.15, 0.2) is 36.4 Å². The maximum Gasteiger partial charge on any atom is 0.0402 e. The Hall–Kier alpha value is -2.06. The smallest absolute Gasteiger partial charge is 0.0402 e. The summed E-state index contributed by atoms with van der Waals surface area (Å²) in [4.78, 5) is 39.6. The maximum atomic E-state index is 9.32. The Balaban J connectivity index is -0.0000000455. The van der Waals surface area contributed by atoms with Gasteiger partial charge in [0.15, 0.2) is 0 Å². The van der Waals surface area contributed by atoms with Crippen molar-refractivity contribution in [1.82, 2.24) is 9.97 Å². The van der Waals surface area contributed by atoms with Crippen molar-refractivity contribution in [2.75, 3.05) is 6.61 Å². The van der Waals surface area contributed by atoms with Gasteiger partial charge in [0.2, 0.25) is 0 Å². The first-order chi connectivity index (χ1) is 18.4. The zero-order valence-electron chi connectivity index (χ0n) is 24.8. The average Bonchev–Trinajstić information content (AvgIpc) is 3.03. The second kappa shape index (κ2) is 61.1. The van der Waals surface area contributed by atoms with Crippen molar-refractivity contribution in [2.45, 2.75) is 72.8 Å². The number of pyridine rings is 2. The molecule has 0 fully saturated rings. The summed E-state index contributed by atoms with van der Waals surface area (Å²) >= 11 is 0. The van der Waals surface area contributed by atoms with E-state index >= 15 is 0 Å². The summed E-state index contributed by atoms with van der Waals surface area (Å²) in [5, 5.41) is 16.9. The summed E-state index contributed by atoms with van der Waals surface area (Å²) in [7, 11) is 0. The van der Waals surface area contributed by atoms with Crippen molar-refractivity contribution in [1.29, 1.82) is 0 Å². The molecule has 0 aliphatic heterocycles. The van der Waals surface area contributed by atoms with E-state index in [9.17, 15) is 5.11 Å². The SMILES string of the molecule is CC.CC.CCO.[CH-]=O.[CH-]=O.[CH-]=O.[CH-]=O.[CH2-]Cc1cccc(C([CH2-])C(C)O)n1.[CH2-]Cc1cccc(C[CH2-])n1.[Mn].[Mn]. The van der Waals surface area contributed by atoms with Crippen LogP contribution in [0.1, 0.15) is 70.2 Å². The van der Waals surface area contributed by atoms with Crippen LogP contribution in [0.3, 0.4) is 0 Å². The van der Waals surface area contributed by atoms with Crippen molar-refractivity contribution in [3.63, 3.8) is 0 Å². The molecule has 0 aromatic carbocycles. The fourth-order valence-corrected chi connectivity index (χ4v) is 1.90. The topological polar surface area (TPSA) is 135 Å². The standard InChI is InChI=1S/C11H15NO.C9H11N.C2H6O.2C2H6.4CHO.2Mn/c1-4-10-6-5-7-11(12-10)8(2)9(3)13;1-3-8-6-5-7-9(4-2)10-8;1-2-3;6*1-2;;/h5-9,13H,1-2,4H2,3H3;5-7H,1-4H2;3H,2H2,1H3;2*1-2H3;4*1H;;/q2*-2;;;;4*-1;;. The number of carbonyl (C=O) groups excluding carboxylic acids is 4. The molecule has 0 spiro atoms. The quantitative estimate of drug-likeness (QED) is 0.276. The summed E-state index contributed by atoms with van der Waals surface area (Å²) in [5.41, 5.74) is 3.85. The van der Waals surface area contributed by atoms with E-state index in [2.05, 4.69) is 64.8 Å². The number of hydrogen-bond donors (Lipinski definition) is 2. The van der Waals surface area contributed by atoms with Crippen LogP contribution < -0.4 is 0 Å². The van der Waals surface area contributed by atoms with Gasteiger partial charge in [-0.15, -0.1) is 25.2 Å². The molecule has 0 amide bonds. The second-order valence-electron chi connectivity index (χ2n) is 5.59. The molecule has 0 bridgehead atoms. The van der Waals surface area contributed by atoms with Crippen LogP contribution in [0.5, 0.6) is 0 Å². The van der Waals surface area contributed by atoms with E-state index in [1.54, 1.807) is 13.8 Å². The molecule has 2 aromatic rings. The van der Waals surface area contributed by atoms with Crippen molar-refractivity contribution in [3.05, 3.63) is 86.9 Å². The molecule has 2 atom stereocenters.